The molecule has 0 aliphatic carbocycles. The molecule has 26 heavy (non-hydrogen) atoms. The summed E-state index contributed by atoms with van der Waals surface area (Å²) in [6.45, 7) is 2.08. The Kier molecular flexibility index (Phi) is 3.25. The Bertz CT molecular complexity index is 1220. The highest BCUT2D eigenvalue weighted by Gasteiger charge is 2.16. The molecule has 0 radical (unpaired) electrons. The third-order valence-corrected chi connectivity index (χ3v) is 4.53. The highest BCUT2D eigenvalue weighted by atomic mass is 15.4. The quantitative estimate of drug-likeness (QED) is 0.481. The summed E-state index contributed by atoms with van der Waals surface area (Å²) >= 11 is 0. The first-order chi connectivity index (χ1) is 12.8. The molecule has 0 unspecified atom stereocenters. The van der Waals surface area contributed by atoms with Gasteiger partial charge in [0.05, 0.1) is 5.69 Å². The summed E-state index contributed by atoms with van der Waals surface area (Å²) in [6.07, 6.45) is 3.50. The van der Waals surface area contributed by atoms with Gasteiger partial charge in [0.1, 0.15) is 0 Å². The summed E-state index contributed by atoms with van der Waals surface area (Å²) in [7, 11) is 0. The van der Waals surface area contributed by atoms with Crippen LogP contribution in [0.3, 0.4) is 0 Å². The van der Waals surface area contributed by atoms with E-state index in [2.05, 4.69) is 58.5 Å². The molecule has 0 N–H and O–H groups in total. The van der Waals surface area contributed by atoms with Gasteiger partial charge in [0.2, 0.25) is 0 Å². The Morgan fingerprint density at radius 3 is 2.23 bits per heavy atom. The fourth-order valence-electron chi connectivity index (χ4n) is 3.19. The minimum atomic E-state index is 0.710. The van der Waals surface area contributed by atoms with Crippen molar-refractivity contribution in [2.24, 2.45) is 0 Å². The molecule has 0 atom stereocenters. The second-order valence-electron chi connectivity index (χ2n) is 6.26. The zero-order valence-electron chi connectivity index (χ0n) is 14.2. The maximum absolute atomic E-state index is 4.91. The van der Waals surface area contributed by atoms with Crippen LogP contribution in [0.2, 0.25) is 0 Å². The van der Waals surface area contributed by atoms with Crippen molar-refractivity contribution in [1.29, 1.82) is 0 Å². The van der Waals surface area contributed by atoms with Crippen molar-refractivity contribution in [2.45, 2.75) is 6.92 Å². The Labute approximate surface area is 150 Å². The molecule has 0 saturated carbocycles. The first kappa shape index (κ1) is 14.7. The Morgan fingerprint density at radius 1 is 0.731 bits per heavy atom. The molecule has 0 fully saturated rings. The van der Waals surface area contributed by atoms with Crippen LogP contribution in [0.25, 0.3) is 39.1 Å². The molecule has 0 bridgehead atoms. The predicted octanol–water partition coefficient (Wildman–Crippen LogP) is 4.31. The summed E-state index contributed by atoms with van der Waals surface area (Å²) in [5, 5.41) is 15.8. The maximum Gasteiger partial charge on any atom is 0.186 e. The van der Waals surface area contributed by atoms with E-state index in [9.17, 15) is 0 Å². The first-order valence-corrected chi connectivity index (χ1v) is 8.43. The third kappa shape index (κ3) is 2.25. The standard InChI is InChI=1S/C21H15N5/c1-14-6-8-15(9-7-14)19-17-4-2-3-5-18(17)21-24-23-20(26(21)25-19)16-10-12-22-13-11-16/h2-13H,1H3. The smallest absolute Gasteiger partial charge is 0.186 e. The summed E-state index contributed by atoms with van der Waals surface area (Å²) in [5.74, 6) is 0.710. The molecule has 3 aromatic heterocycles. The normalized spacial score (nSPS) is 11.3. The fraction of sp³-hybridized carbons (Fsp3) is 0.0476. The van der Waals surface area contributed by atoms with Gasteiger partial charge in [-0.2, -0.15) is 9.61 Å². The number of hydrogen-bond acceptors (Lipinski definition) is 4. The first-order valence-electron chi connectivity index (χ1n) is 8.43. The Morgan fingerprint density at radius 2 is 1.46 bits per heavy atom. The lowest BCUT2D eigenvalue weighted by Gasteiger charge is -2.09. The van der Waals surface area contributed by atoms with Crippen molar-refractivity contribution in [2.75, 3.05) is 0 Å². The van der Waals surface area contributed by atoms with E-state index in [-0.39, 0.29) is 0 Å². The molecule has 0 amide bonds. The van der Waals surface area contributed by atoms with Crippen molar-refractivity contribution >= 4 is 16.4 Å². The summed E-state index contributed by atoms with van der Waals surface area (Å²) in [5.41, 5.74) is 4.90. The van der Waals surface area contributed by atoms with E-state index in [4.69, 9.17) is 5.10 Å². The van der Waals surface area contributed by atoms with Crippen molar-refractivity contribution < 1.29 is 0 Å². The van der Waals surface area contributed by atoms with Gasteiger partial charge in [-0.3, -0.25) is 4.98 Å². The van der Waals surface area contributed by atoms with Crippen LogP contribution in [0.15, 0.2) is 73.1 Å². The second-order valence-corrected chi connectivity index (χ2v) is 6.26. The second kappa shape index (κ2) is 5.74. The highest BCUT2D eigenvalue weighted by Crippen LogP contribution is 2.30. The molecule has 5 rings (SSSR count). The van der Waals surface area contributed by atoms with Gasteiger partial charge in [-0.15, -0.1) is 10.2 Å². The largest absolute Gasteiger partial charge is 0.265 e. The molecule has 0 spiro atoms. The van der Waals surface area contributed by atoms with E-state index in [1.165, 1.54) is 5.56 Å². The van der Waals surface area contributed by atoms with Gasteiger partial charge in [0, 0.05) is 34.3 Å². The number of pyridine rings is 1. The average molecular weight is 337 g/mol. The lowest BCUT2D eigenvalue weighted by atomic mass is 10.0. The monoisotopic (exact) mass is 337 g/mol. The average Bonchev–Trinajstić information content (AvgIpc) is 3.13. The lowest BCUT2D eigenvalue weighted by Crippen LogP contribution is -1.99. The van der Waals surface area contributed by atoms with Gasteiger partial charge in [-0.1, -0.05) is 54.1 Å². The molecule has 0 aliphatic heterocycles. The van der Waals surface area contributed by atoms with Gasteiger partial charge in [0.25, 0.3) is 0 Å². The topological polar surface area (TPSA) is 56.0 Å². The van der Waals surface area contributed by atoms with Gasteiger partial charge < -0.3 is 0 Å². The molecule has 5 nitrogen and oxygen atoms in total. The molecule has 5 aromatic rings. The van der Waals surface area contributed by atoms with E-state index in [0.29, 0.717) is 5.82 Å². The molecular weight excluding hydrogens is 322 g/mol. The van der Waals surface area contributed by atoms with Crippen molar-refractivity contribution in [1.82, 2.24) is 24.8 Å². The zero-order valence-corrected chi connectivity index (χ0v) is 14.2. The van der Waals surface area contributed by atoms with Crippen LogP contribution in [0, 0.1) is 6.92 Å². The predicted molar refractivity (Wildman–Crippen MR) is 102 cm³/mol. The molecular formula is C21H15N5. The van der Waals surface area contributed by atoms with Crippen LogP contribution < -0.4 is 0 Å². The third-order valence-electron chi connectivity index (χ3n) is 4.53. The van der Waals surface area contributed by atoms with E-state index < -0.39 is 0 Å². The van der Waals surface area contributed by atoms with Gasteiger partial charge in [-0.05, 0) is 19.1 Å². The summed E-state index contributed by atoms with van der Waals surface area (Å²) in [4.78, 5) is 4.08. The number of nitrogens with zero attached hydrogens (tertiary/aromatic N) is 5. The number of benzene rings is 2. The van der Waals surface area contributed by atoms with E-state index in [0.717, 1.165) is 33.2 Å². The van der Waals surface area contributed by atoms with Crippen molar-refractivity contribution in [3.05, 3.63) is 78.6 Å². The Hall–Kier alpha value is -3.60. The SMILES string of the molecule is Cc1ccc(-c2nn3c(-c4ccncc4)nnc3c3ccccc23)cc1. The molecule has 2 aromatic carbocycles. The molecule has 3 heterocycles. The number of fused-ring (bicyclic) bond motifs is 3. The van der Waals surface area contributed by atoms with Crippen LogP contribution in [0.1, 0.15) is 5.56 Å². The minimum Gasteiger partial charge on any atom is -0.265 e. The molecule has 0 saturated heterocycles. The molecule has 124 valence electrons. The summed E-state index contributed by atoms with van der Waals surface area (Å²) < 4.78 is 1.83. The van der Waals surface area contributed by atoms with Crippen molar-refractivity contribution in [3.8, 4) is 22.6 Å². The molecule has 0 aliphatic rings. The Balaban J connectivity index is 1.87. The highest BCUT2D eigenvalue weighted by molar-refractivity contribution is 6.01. The number of rotatable bonds is 2. The number of hydrogen-bond donors (Lipinski definition) is 0. The van der Waals surface area contributed by atoms with Crippen LogP contribution in [0.5, 0.6) is 0 Å². The van der Waals surface area contributed by atoms with E-state index in [1.807, 2.05) is 28.8 Å². The summed E-state index contributed by atoms with van der Waals surface area (Å²) in [6, 6.07) is 20.4. The van der Waals surface area contributed by atoms with Gasteiger partial charge >= 0.3 is 0 Å². The number of aryl methyl sites for hydroxylation is 1. The van der Waals surface area contributed by atoms with Gasteiger partial charge in [0.15, 0.2) is 11.5 Å². The zero-order chi connectivity index (χ0) is 17.5. The fourth-order valence-corrected chi connectivity index (χ4v) is 3.19. The van der Waals surface area contributed by atoms with Crippen molar-refractivity contribution in [3.63, 3.8) is 0 Å². The van der Waals surface area contributed by atoms with E-state index in [1.54, 1.807) is 12.4 Å². The van der Waals surface area contributed by atoms with E-state index >= 15 is 0 Å². The molecule has 5 heteroatoms. The number of aromatic nitrogens is 5. The van der Waals surface area contributed by atoms with Crippen LogP contribution in [-0.2, 0) is 0 Å². The van der Waals surface area contributed by atoms with Gasteiger partial charge in [-0.25, -0.2) is 0 Å². The minimum absolute atomic E-state index is 0.710. The van der Waals surface area contributed by atoms with Crippen LogP contribution >= 0.6 is 0 Å². The van der Waals surface area contributed by atoms with Crippen LogP contribution in [-0.4, -0.2) is 24.8 Å². The lowest BCUT2D eigenvalue weighted by molar-refractivity contribution is 0.951. The van der Waals surface area contributed by atoms with Crippen LogP contribution in [0.4, 0.5) is 0 Å². The maximum atomic E-state index is 4.91.